The summed E-state index contributed by atoms with van der Waals surface area (Å²) < 4.78 is 8.74. The van der Waals surface area contributed by atoms with Crippen LogP contribution in [0, 0.1) is 0 Å². The van der Waals surface area contributed by atoms with Crippen LogP contribution in [0.4, 0.5) is 0 Å². The van der Waals surface area contributed by atoms with Crippen LogP contribution in [-0.2, 0) is 4.57 Å². The molecule has 0 bridgehead atoms. The van der Waals surface area contributed by atoms with Gasteiger partial charge in [0, 0.05) is 0 Å². The Balaban J connectivity index is -0.00000000214. The maximum absolute atomic E-state index is 8.74. The minimum absolute atomic E-state index is 0. The molecule has 0 aromatic rings. The zero-order valence-electron chi connectivity index (χ0n) is 4.30. The van der Waals surface area contributed by atoms with E-state index in [1.165, 1.54) is 0 Å². The molecule has 0 aliphatic carbocycles. The van der Waals surface area contributed by atoms with Crippen molar-refractivity contribution in [3.05, 3.63) is 0 Å². The van der Waals surface area contributed by atoms with Gasteiger partial charge in [-0.05, 0) is 0 Å². The Morgan fingerprint density at radius 2 is 0.727 bits per heavy atom. The Hall–Kier alpha value is 1.95. The van der Waals surface area contributed by atoms with Gasteiger partial charge in [-0.15, -0.1) is 0 Å². The van der Waals surface area contributed by atoms with Gasteiger partial charge in [0.25, 0.3) is 0 Å². The summed E-state index contributed by atoms with van der Waals surface area (Å²) in [7, 11) is -3.13. The number of rotatable bonds is 0. The minimum atomic E-state index is -3.13. The van der Waals surface area contributed by atoms with E-state index in [1.807, 2.05) is 0 Å². The zero-order valence-corrected chi connectivity index (χ0v) is 5.30. The summed E-state index contributed by atoms with van der Waals surface area (Å²) >= 11 is 0. The first kappa shape index (κ1) is 75.5. The molecule has 0 amide bonds. The molecular weight excluding hydrogens is 205 g/mol. The van der Waals surface area contributed by atoms with Crippen LogP contribution < -0.4 is 0 Å². The third kappa shape index (κ3) is 311. The van der Waals surface area contributed by atoms with E-state index >= 15 is 0 Å². The second-order valence-corrected chi connectivity index (χ2v) is 0.848. The Kier molecular flexibility index (Phi) is 401. The quantitative estimate of drug-likeness (QED) is 0.301. The van der Waals surface area contributed by atoms with E-state index in [0.29, 0.717) is 0 Å². The molecule has 0 aliphatic rings. The fraction of sp³-hybridized carbons (Fsp3) is 0. The van der Waals surface area contributed by atoms with E-state index in [1.54, 1.807) is 0 Å². The molecular formula is H15Na2O8P. The second-order valence-electron chi connectivity index (χ2n) is 0.283. The van der Waals surface area contributed by atoms with E-state index in [9.17, 15) is 0 Å². The van der Waals surface area contributed by atoms with Crippen molar-refractivity contribution in [1.29, 1.82) is 0 Å². The normalized spacial score (nSPS) is 3.18. The van der Waals surface area contributed by atoms with Gasteiger partial charge in [0.2, 0.25) is 0 Å². The van der Waals surface area contributed by atoms with E-state index in [0.717, 1.165) is 0 Å². The number of hydrogen-bond donors (Lipinski definition) is 2. The SMILES string of the molecule is O.O.O.O.O.O=[PH](O)O.[NaH].[NaH]. The molecule has 0 spiro atoms. The van der Waals surface area contributed by atoms with Gasteiger partial charge in [-0.1, -0.05) is 0 Å². The van der Waals surface area contributed by atoms with Gasteiger partial charge < -0.3 is 37.2 Å². The standard InChI is InChI=1S/2Na.H3O3P.5H2O.2H/c;;1-4(2)3;;;;;;;/h;;4H,(H2,1,2,3);5*1H2;;. The van der Waals surface area contributed by atoms with Crippen molar-refractivity contribution in [2.24, 2.45) is 0 Å². The average molecular weight is 220 g/mol. The van der Waals surface area contributed by atoms with Crippen LogP contribution in [0.1, 0.15) is 0 Å². The zero-order chi connectivity index (χ0) is 3.58. The fourth-order valence-corrected chi connectivity index (χ4v) is 0. The van der Waals surface area contributed by atoms with Gasteiger partial charge in [0.15, 0.2) is 0 Å². The summed E-state index contributed by atoms with van der Waals surface area (Å²) in [5.41, 5.74) is 0. The molecule has 0 rings (SSSR count). The van der Waals surface area contributed by atoms with Gasteiger partial charge in [0.1, 0.15) is 0 Å². The van der Waals surface area contributed by atoms with Crippen LogP contribution in [0.3, 0.4) is 0 Å². The van der Waals surface area contributed by atoms with Crippen molar-refractivity contribution in [2.45, 2.75) is 0 Å². The molecule has 12 N–H and O–H groups in total. The Morgan fingerprint density at radius 3 is 0.727 bits per heavy atom. The summed E-state index contributed by atoms with van der Waals surface area (Å²) in [6, 6.07) is 0. The average Bonchev–Trinajstić information content (AvgIpc) is 0.811. The van der Waals surface area contributed by atoms with Crippen LogP contribution in [0.15, 0.2) is 0 Å². The summed E-state index contributed by atoms with van der Waals surface area (Å²) in [5.74, 6) is 0. The van der Waals surface area contributed by atoms with Gasteiger partial charge in [-0.25, -0.2) is 0 Å². The molecule has 0 atom stereocenters. The maximum atomic E-state index is 8.74. The molecule has 0 heterocycles. The van der Waals surface area contributed by atoms with Crippen molar-refractivity contribution < 1.29 is 41.7 Å². The van der Waals surface area contributed by atoms with E-state index in [4.69, 9.17) is 14.4 Å². The molecule has 0 aromatic carbocycles. The van der Waals surface area contributed by atoms with Crippen molar-refractivity contribution in [3.8, 4) is 0 Å². The van der Waals surface area contributed by atoms with Crippen LogP contribution in [0.5, 0.6) is 0 Å². The Bertz CT molecular complexity index is 35.1. The monoisotopic (exact) mass is 220 g/mol. The van der Waals surface area contributed by atoms with Crippen molar-refractivity contribution in [1.82, 2.24) is 0 Å². The van der Waals surface area contributed by atoms with Gasteiger partial charge in [-0.2, -0.15) is 0 Å². The first-order valence-corrected chi connectivity index (χ1v) is 1.95. The Labute approximate surface area is 108 Å². The third-order valence-electron chi connectivity index (χ3n) is 0. The van der Waals surface area contributed by atoms with Crippen LogP contribution in [-0.4, -0.2) is 96.3 Å². The third-order valence-corrected chi connectivity index (χ3v) is 0. The predicted octanol–water partition coefficient (Wildman–Crippen LogP) is -6.06. The molecule has 11 heavy (non-hydrogen) atoms. The molecule has 0 fully saturated rings. The first-order valence-electron chi connectivity index (χ1n) is 0.651. The predicted molar refractivity (Wildman–Crippen MR) is 45.8 cm³/mol. The molecule has 70 valence electrons. The van der Waals surface area contributed by atoms with Gasteiger partial charge in [0.05, 0.1) is 0 Å². The molecule has 11 heteroatoms. The van der Waals surface area contributed by atoms with Crippen molar-refractivity contribution in [3.63, 3.8) is 0 Å². The van der Waals surface area contributed by atoms with Crippen molar-refractivity contribution in [2.75, 3.05) is 0 Å². The molecule has 0 aliphatic heterocycles. The summed E-state index contributed by atoms with van der Waals surface area (Å²) in [6.45, 7) is 0. The summed E-state index contributed by atoms with van der Waals surface area (Å²) in [5, 5.41) is 0. The molecule has 0 unspecified atom stereocenters. The molecule has 0 radical (unpaired) electrons. The van der Waals surface area contributed by atoms with Gasteiger partial charge >= 0.3 is 67.4 Å². The van der Waals surface area contributed by atoms with Gasteiger partial charge in [-0.3, -0.25) is 4.57 Å². The topological polar surface area (TPSA) is 215 Å². The molecule has 0 saturated heterocycles. The van der Waals surface area contributed by atoms with E-state index < -0.39 is 8.25 Å². The second kappa shape index (κ2) is 58.5. The van der Waals surface area contributed by atoms with Crippen LogP contribution in [0.25, 0.3) is 0 Å². The summed E-state index contributed by atoms with van der Waals surface area (Å²) in [4.78, 5) is 14.3. The first-order chi connectivity index (χ1) is 1.73. The van der Waals surface area contributed by atoms with Crippen LogP contribution in [0.2, 0.25) is 0 Å². The summed E-state index contributed by atoms with van der Waals surface area (Å²) in [6.07, 6.45) is 0. The molecule has 0 saturated carbocycles. The van der Waals surface area contributed by atoms with Crippen molar-refractivity contribution >= 4 is 67.4 Å². The Morgan fingerprint density at radius 1 is 0.727 bits per heavy atom. The van der Waals surface area contributed by atoms with Crippen LogP contribution >= 0.6 is 8.25 Å². The number of hydrogen-bond acceptors (Lipinski definition) is 1. The fourth-order valence-electron chi connectivity index (χ4n) is 0. The molecule has 8 nitrogen and oxygen atoms in total. The van der Waals surface area contributed by atoms with E-state index in [2.05, 4.69) is 0 Å². The van der Waals surface area contributed by atoms with E-state index in [-0.39, 0.29) is 86.5 Å². The molecule has 0 aromatic heterocycles.